The highest BCUT2D eigenvalue weighted by Crippen LogP contribution is 2.34. The summed E-state index contributed by atoms with van der Waals surface area (Å²) in [7, 11) is 0. The number of benzene rings is 2. The third-order valence-electron chi connectivity index (χ3n) is 4.12. The second kappa shape index (κ2) is 7.57. The van der Waals surface area contributed by atoms with Gasteiger partial charge in [-0.2, -0.15) is 0 Å². The molecule has 5 nitrogen and oxygen atoms in total. The number of amides is 1. The number of carbonyl (C=O) groups is 2. The van der Waals surface area contributed by atoms with Crippen LogP contribution in [0.15, 0.2) is 42.5 Å². The fourth-order valence-corrected chi connectivity index (χ4v) is 2.88. The summed E-state index contributed by atoms with van der Waals surface area (Å²) in [6.45, 7) is 2.10. The molecule has 0 saturated carbocycles. The van der Waals surface area contributed by atoms with Crippen molar-refractivity contribution < 1.29 is 14.3 Å². The van der Waals surface area contributed by atoms with E-state index in [1.165, 1.54) is 0 Å². The van der Waals surface area contributed by atoms with Gasteiger partial charge in [-0.3, -0.25) is 15.6 Å². The first kappa shape index (κ1) is 17.3. The van der Waals surface area contributed by atoms with Crippen LogP contribution in [0.1, 0.15) is 58.6 Å². The number of anilines is 1. The second-order valence-corrected chi connectivity index (χ2v) is 6.36. The van der Waals surface area contributed by atoms with Crippen molar-refractivity contribution in [3.8, 4) is 0 Å². The van der Waals surface area contributed by atoms with Crippen molar-refractivity contribution in [1.82, 2.24) is 5.43 Å². The summed E-state index contributed by atoms with van der Waals surface area (Å²) in [6, 6.07) is 12.0. The average molecular weight is 359 g/mol. The quantitative estimate of drug-likeness (QED) is 0.589. The van der Waals surface area contributed by atoms with Crippen LogP contribution in [-0.4, -0.2) is 11.9 Å². The maximum Gasteiger partial charge on any atom is 0.339 e. The van der Waals surface area contributed by atoms with E-state index < -0.39 is 0 Å². The summed E-state index contributed by atoms with van der Waals surface area (Å²) in [4.78, 5) is 24.3. The second-order valence-electron chi connectivity index (χ2n) is 5.92. The molecule has 0 saturated heterocycles. The number of ether oxygens (including phenoxy) is 1. The maximum atomic E-state index is 12.3. The monoisotopic (exact) mass is 358 g/mol. The number of hydrogen-bond acceptors (Lipinski definition) is 4. The normalized spacial score (nSPS) is 15.4. The molecule has 1 amide bonds. The van der Waals surface area contributed by atoms with Gasteiger partial charge in [0.2, 0.25) is 0 Å². The number of hydrazine groups is 1. The Morgan fingerprint density at radius 2 is 1.96 bits per heavy atom. The predicted molar refractivity (Wildman–Crippen MR) is 96.7 cm³/mol. The lowest BCUT2D eigenvalue weighted by Gasteiger charge is -2.10. The Kier molecular flexibility index (Phi) is 5.24. The van der Waals surface area contributed by atoms with Gasteiger partial charge >= 0.3 is 5.97 Å². The highest BCUT2D eigenvalue weighted by Gasteiger charge is 2.31. The third kappa shape index (κ3) is 3.94. The molecule has 130 valence electrons. The molecule has 1 atom stereocenters. The molecule has 0 aromatic heterocycles. The van der Waals surface area contributed by atoms with Crippen LogP contribution in [-0.2, 0) is 4.74 Å². The Balaban J connectivity index is 1.69. The third-order valence-corrected chi connectivity index (χ3v) is 4.37. The van der Waals surface area contributed by atoms with Crippen LogP contribution in [0.4, 0.5) is 5.69 Å². The first-order valence-electron chi connectivity index (χ1n) is 8.25. The van der Waals surface area contributed by atoms with Crippen LogP contribution in [0, 0.1) is 0 Å². The van der Waals surface area contributed by atoms with Crippen LogP contribution in [0.25, 0.3) is 0 Å². The topological polar surface area (TPSA) is 67.4 Å². The Morgan fingerprint density at radius 3 is 2.68 bits per heavy atom. The molecule has 2 aromatic rings. The Bertz CT molecular complexity index is 790. The Labute approximate surface area is 151 Å². The molecule has 1 aliphatic rings. The highest BCUT2D eigenvalue weighted by molar-refractivity contribution is 6.30. The van der Waals surface area contributed by atoms with Crippen LogP contribution >= 0.6 is 11.6 Å². The number of nitrogens with one attached hydrogen (secondary N) is 2. The maximum absolute atomic E-state index is 12.3. The van der Waals surface area contributed by atoms with Crippen molar-refractivity contribution >= 4 is 29.2 Å². The molecule has 3 rings (SSSR count). The van der Waals surface area contributed by atoms with Gasteiger partial charge in [0.05, 0.1) is 11.3 Å². The van der Waals surface area contributed by atoms with Gasteiger partial charge in [-0.25, -0.2) is 4.79 Å². The van der Waals surface area contributed by atoms with Crippen molar-refractivity contribution in [2.45, 2.75) is 32.3 Å². The van der Waals surface area contributed by atoms with Crippen molar-refractivity contribution in [2.75, 3.05) is 5.43 Å². The van der Waals surface area contributed by atoms with Gasteiger partial charge in [-0.1, -0.05) is 31.0 Å². The Hall–Kier alpha value is -2.53. The molecular formula is C19H19ClN2O3. The molecule has 0 spiro atoms. The molecule has 25 heavy (non-hydrogen) atoms. The summed E-state index contributed by atoms with van der Waals surface area (Å²) in [5.41, 5.74) is 7.85. The molecule has 0 aliphatic carbocycles. The lowest BCUT2D eigenvalue weighted by Crippen LogP contribution is -2.29. The van der Waals surface area contributed by atoms with E-state index in [4.69, 9.17) is 16.3 Å². The lowest BCUT2D eigenvalue weighted by molar-refractivity contribution is 0.0364. The zero-order valence-electron chi connectivity index (χ0n) is 13.8. The first-order chi connectivity index (χ1) is 12.1. The fraction of sp³-hybridized carbons (Fsp3) is 0.263. The van der Waals surface area contributed by atoms with E-state index in [1.807, 2.05) is 0 Å². The molecule has 1 aliphatic heterocycles. The zero-order chi connectivity index (χ0) is 17.8. The van der Waals surface area contributed by atoms with Gasteiger partial charge in [-0.05, 0) is 49.2 Å². The van der Waals surface area contributed by atoms with Crippen molar-refractivity contribution in [3.63, 3.8) is 0 Å². The van der Waals surface area contributed by atoms with Crippen molar-refractivity contribution in [3.05, 3.63) is 64.2 Å². The number of unbranched alkanes of at least 4 members (excludes halogenated alkanes) is 1. The molecule has 0 radical (unpaired) electrons. The van der Waals surface area contributed by atoms with E-state index >= 15 is 0 Å². The van der Waals surface area contributed by atoms with Crippen LogP contribution in [0.5, 0.6) is 0 Å². The van der Waals surface area contributed by atoms with Gasteiger partial charge in [0.25, 0.3) is 5.91 Å². The predicted octanol–water partition coefficient (Wildman–Crippen LogP) is 4.50. The minimum Gasteiger partial charge on any atom is -0.454 e. The van der Waals surface area contributed by atoms with Gasteiger partial charge in [-0.15, -0.1) is 0 Å². The molecule has 2 N–H and O–H groups in total. The number of esters is 1. The number of hydrogen-bond donors (Lipinski definition) is 2. The van der Waals surface area contributed by atoms with Crippen LogP contribution < -0.4 is 10.9 Å². The number of fused-ring (bicyclic) bond motifs is 1. The van der Waals surface area contributed by atoms with Gasteiger partial charge < -0.3 is 4.74 Å². The van der Waals surface area contributed by atoms with Crippen molar-refractivity contribution in [1.29, 1.82) is 0 Å². The standard InChI is InChI=1S/C19H19ClN2O3/c1-2-3-4-17-15-10-5-12(11-16(15)19(24)25-17)18(23)22-21-14-8-6-13(20)7-9-14/h5-11,17,21H,2-4H2,1H3,(H,22,23). The zero-order valence-corrected chi connectivity index (χ0v) is 14.6. The number of halogens is 1. The summed E-state index contributed by atoms with van der Waals surface area (Å²) in [5, 5.41) is 0.617. The molecule has 0 bridgehead atoms. The van der Waals surface area contributed by atoms with E-state index in [0.29, 0.717) is 21.8 Å². The number of cyclic esters (lactones) is 1. The van der Waals surface area contributed by atoms with E-state index in [2.05, 4.69) is 17.8 Å². The SMILES string of the molecule is CCCCC1OC(=O)c2cc(C(=O)NNc3ccc(Cl)cc3)ccc21. The molecular weight excluding hydrogens is 340 g/mol. The Morgan fingerprint density at radius 1 is 1.20 bits per heavy atom. The van der Waals surface area contributed by atoms with E-state index in [1.54, 1.807) is 42.5 Å². The van der Waals surface area contributed by atoms with E-state index in [-0.39, 0.29) is 18.0 Å². The largest absolute Gasteiger partial charge is 0.454 e. The summed E-state index contributed by atoms with van der Waals surface area (Å²) in [6.07, 6.45) is 2.64. The molecule has 1 heterocycles. The van der Waals surface area contributed by atoms with Gasteiger partial charge in [0, 0.05) is 16.1 Å². The number of rotatable bonds is 6. The van der Waals surface area contributed by atoms with E-state index in [0.717, 1.165) is 24.8 Å². The van der Waals surface area contributed by atoms with Crippen LogP contribution in [0.2, 0.25) is 5.02 Å². The molecule has 2 aromatic carbocycles. The summed E-state index contributed by atoms with van der Waals surface area (Å²) in [5.74, 6) is -0.695. The molecule has 6 heteroatoms. The molecule has 0 fully saturated rings. The fourth-order valence-electron chi connectivity index (χ4n) is 2.75. The average Bonchev–Trinajstić information content (AvgIpc) is 2.94. The number of carbonyl (C=O) groups excluding carboxylic acids is 2. The lowest BCUT2D eigenvalue weighted by atomic mass is 9.99. The summed E-state index contributed by atoms with van der Waals surface area (Å²) < 4.78 is 5.41. The minimum atomic E-state index is -0.364. The van der Waals surface area contributed by atoms with Gasteiger partial charge in [0.1, 0.15) is 6.10 Å². The highest BCUT2D eigenvalue weighted by atomic mass is 35.5. The van der Waals surface area contributed by atoms with E-state index in [9.17, 15) is 9.59 Å². The van der Waals surface area contributed by atoms with Gasteiger partial charge in [0.15, 0.2) is 0 Å². The minimum absolute atomic E-state index is 0.202. The smallest absolute Gasteiger partial charge is 0.339 e. The first-order valence-corrected chi connectivity index (χ1v) is 8.63. The van der Waals surface area contributed by atoms with Crippen LogP contribution in [0.3, 0.4) is 0 Å². The molecule has 1 unspecified atom stereocenters. The van der Waals surface area contributed by atoms with Crippen molar-refractivity contribution in [2.24, 2.45) is 0 Å². The summed E-state index contributed by atoms with van der Waals surface area (Å²) >= 11 is 5.82.